The molecule has 0 unspecified atom stereocenters. The van der Waals surface area contributed by atoms with Crippen LogP contribution in [0.1, 0.15) is 23.6 Å². The van der Waals surface area contributed by atoms with Crippen molar-refractivity contribution in [3.8, 4) is 44.6 Å². The van der Waals surface area contributed by atoms with Gasteiger partial charge in [-0.05, 0) is 74.8 Å². The van der Waals surface area contributed by atoms with Gasteiger partial charge in [0.25, 0.3) is 0 Å². The maximum absolute atomic E-state index is 5.10. The lowest BCUT2D eigenvalue weighted by Gasteiger charge is -2.10. The summed E-state index contributed by atoms with van der Waals surface area (Å²) >= 11 is 1.55. The van der Waals surface area contributed by atoms with Gasteiger partial charge >= 0.3 is 0 Å². The van der Waals surface area contributed by atoms with Gasteiger partial charge in [-0.15, -0.1) is 21.5 Å². The Balaban J connectivity index is 0.908. The quantitative estimate of drug-likeness (QED) is 0.113. The summed E-state index contributed by atoms with van der Waals surface area (Å²) in [5.41, 5.74) is 16.0. The van der Waals surface area contributed by atoms with Crippen LogP contribution in [0.25, 0.3) is 81.9 Å². The topological polar surface area (TPSA) is 89.2 Å². The zero-order chi connectivity index (χ0) is 40.4. The number of benzene rings is 7. The molecule has 0 amide bonds. The third kappa shape index (κ3) is 7.28. The van der Waals surface area contributed by atoms with Gasteiger partial charge in [-0.2, -0.15) is 0 Å². The molecule has 10 rings (SSSR count). The second-order valence-corrected chi connectivity index (χ2v) is 15.4. The van der Waals surface area contributed by atoms with E-state index >= 15 is 0 Å². The molecule has 0 radical (unpaired) electrons. The van der Waals surface area contributed by atoms with Crippen LogP contribution in [0.15, 0.2) is 199 Å². The number of hydrogen-bond acceptors (Lipinski definition) is 7. The molecule has 0 aliphatic heterocycles. The van der Waals surface area contributed by atoms with Gasteiger partial charge in [0.15, 0.2) is 5.84 Å². The highest BCUT2D eigenvalue weighted by Gasteiger charge is 2.17. The van der Waals surface area contributed by atoms with Crippen LogP contribution >= 0.6 is 11.3 Å². The Hall–Kier alpha value is -7.81. The average molecular weight is 790 g/mol. The fourth-order valence-corrected chi connectivity index (χ4v) is 8.37. The van der Waals surface area contributed by atoms with Crippen molar-refractivity contribution in [2.24, 2.45) is 9.98 Å². The minimum absolute atomic E-state index is 0.607. The molecule has 284 valence electrons. The largest absolute Gasteiger partial charge is 0.241 e. The molecule has 0 N–H and O–H groups in total. The number of aromatic nitrogens is 5. The van der Waals surface area contributed by atoms with Gasteiger partial charge in [0.1, 0.15) is 21.6 Å². The Kier molecular flexibility index (Phi) is 9.65. The van der Waals surface area contributed by atoms with Gasteiger partial charge in [-0.1, -0.05) is 170 Å². The van der Waals surface area contributed by atoms with Crippen LogP contribution < -0.4 is 0 Å². The van der Waals surface area contributed by atoms with E-state index in [1.807, 2.05) is 67.6 Å². The van der Waals surface area contributed by atoms with Crippen LogP contribution in [0.4, 0.5) is 0 Å². The van der Waals surface area contributed by atoms with E-state index in [0.29, 0.717) is 11.5 Å². The molecule has 10 aromatic rings. The van der Waals surface area contributed by atoms with Crippen molar-refractivity contribution in [1.29, 1.82) is 0 Å². The predicted molar refractivity (Wildman–Crippen MR) is 248 cm³/mol. The minimum Gasteiger partial charge on any atom is -0.241 e. The van der Waals surface area contributed by atoms with Gasteiger partial charge in [-0.25, -0.2) is 20.0 Å². The lowest BCUT2D eigenvalue weighted by atomic mass is 9.97. The van der Waals surface area contributed by atoms with Gasteiger partial charge < -0.3 is 0 Å². The van der Waals surface area contributed by atoms with Crippen molar-refractivity contribution < 1.29 is 0 Å². The summed E-state index contributed by atoms with van der Waals surface area (Å²) < 4.78 is 0.924. The van der Waals surface area contributed by atoms with E-state index in [1.165, 1.54) is 0 Å². The molecule has 0 aliphatic carbocycles. The highest BCUT2D eigenvalue weighted by Crippen LogP contribution is 2.37. The number of aliphatic imine (C=N–C) groups is 2. The fraction of sp³-hybridized carbons (Fsp3) is 0.0192. The van der Waals surface area contributed by atoms with Gasteiger partial charge in [0.2, 0.25) is 0 Å². The van der Waals surface area contributed by atoms with E-state index in [9.17, 15) is 0 Å². The number of rotatable bonds is 8. The van der Waals surface area contributed by atoms with Crippen LogP contribution in [0.2, 0.25) is 0 Å². The summed E-state index contributed by atoms with van der Waals surface area (Å²) in [6, 6.07) is 62.2. The van der Waals surface area contributed by atoms with Crippen molar-refractivity contribution in [2.75, 3.05) is 0 Å². The van der Waals surface area contributed by atoms with Crippen molar-refractivity contribution in [2.45, 2.75) is 6.92 Å². The summed E-state index contributed by atoms with van der Waals surface area (Å²) in [6.45, 7) is 6.31. The highest BCUT2D eigenvalue weighted by molar-refractivity contribution is 7.25. The molecule has 8 heteroatoms. The van der Waals surface area contributed by atoms with E-state index in [4.69, 9.17) is 20.0 Å². The van der Waals surface area contributed by atoms with Crippen molar-refractivity contribution in [3.63, 3.8) is 0 Å². The third-order valence-electron chi connectivity index (χ3n) is 10.5. The second-order valence-electron chi connectivity index (χ2n) is 14.4. The van der Waals surface area contributed by atoms with Crippen molar-refractivity contribution in [3.05, 3.63) is 205 Å². The molecule has 3 aromatic heterocycles. The van der Waals surface area contributed by atoms with Gasteiger partial charge in [0, 0.05) is 16.8 Å². The van der Waals surface area contributed by atoms with Crippen molar-refractivity contribution >= 4 is 60.2 Å². The number of thiophene rings is 1. The Morgan fingerprint density at radius 1 is 0.467 bits per heavy atom. The van der Waals surface area contributed by atoms with E-state index in [1.54, 1.807) is 11.3 Å². The third-order valence-corrected chi connectivity index (χ3v) is 11.6. The number of hydrogen-bond donors (Lipinski definition) is 0. The first-order chi connectivity index (χ1) is 29.5. The highest BCUT2D eigenvalue weighted by atomic mass is 32.1. The maximum atomic E-state index is 5.10. The summed E-state index contributed by atoms with van der Waals surface area (Å²) in [5.74, 6) is 0.607. The maximum Gasteiger partial charge on any atom is 0.160 e. The standard InChI is InChI=1S/C52H35N7S/c1-33(35-12-5-3-6-13-35)53-51(42-30-26-38(27-31-42)37-14-7-4-8-15-37)54-34(2)36-20-22-39(23-21-36)43-16-11-17-44(32-43)40-24-28-41(29-25-40)47-50-48(58-59-57-47)49-52(60-50)56-46-19-10-9-18-45(46)55-49/h3-32H,1H2,2H3. The Bertz CT molecular complexity index is 3250. The number of para-hydroxylation sites is 2. The van der Waals surface area contributed by atoms with Crippen LogP contribution in [0, 0.1) is 0 Å². The summed E-state index contributed by atoms with van der Waals surface area (Å²) in [5, 5.41) is 13.0. The average Bonchev–Trinajstić information content (AvgIpc) is 3.69. The minimum atomic E-state index is 0.607. The first-order valence-corrected chi connectivity index (χ1v) is 20.4. The second kappa shape index (κ2) is 15.9. The summed E-state index contributed by atoms with van der Waals surface area (Å²) in [6.07, 6.45) is 0. The Morgan fingerprint density at radius 2 is 1.00 bits per heavy atom. The Morgan fingerprint density at radius 3 is 1.68 bits per heavy atom. The molecule has 0 saturated carbocycles. The number of fused-ring (bicyclic) bond motifs is 4. The van der Waals surface area contributed by atoms with Crippen LogP contribution in [0.3, 0.4) is 0 Å². The first kappa shape index (κ1) is 36.5. The van der Waals surface area contributed by atoms with Crippen LogP contribution in [0.5, 0.6) is 0 Å². The van der Waals surface area contributed by atoms with Crippen LogP contribution in [-0.2, 0) is 0 Å². The number of amidine groups is 1. The van der Waals surface area contributed by atoms with E-state index in [0.717, 1.165) is 98.6 Å². The number of nitrogens with zero attached hydrogens (tertiary/aromatic N) is 7. The summed E-state index contributed by atoms with van der Waals surface area (Å²) in [4.78, 5) is 20.6. The molecule has 0 atom stereocenters. The lowest BCUT2D eigenvalue weighted by Crippen LogP contribution is -2.04. The van der Waals surface area contributed by atoms with Gasteiger partial charge in [-0.3, -0.25) is 0 Å². The molecule has 0 spiro atoms. The van der Waals surface area contributed by atoms with E-state index in [-0.39, 0.29) is 0 Å². The molecule has 0 aliphatic rings. The fourth-order valence-electron chi connectivity index (χ4n) is 7.31. The monoisotopic (exact) mass is 789 g/mol. The molecule has 3 heterocycles. The smallest absolute Gasteiger partial charge is 0.160 e. The molecular formula is C52H35N7S. The molecule has 0 bridgehead atoms. The SMILES string of the molecule is C=C(N=C(N=C(C)c1ccc(-c2cccc(-c3ccc(-c4nnnc5c4sc4nc6ccccc6nc45)cc3)c2)cc1)c1ccc(-c2ccccc2)cc1)c1ccccc1. The molecule has 7 aromatic carbocycles. The summed E-state index contributed by atoms with van der Waals surface area (Å²) in [7, 11) is 0. The van der Waals surface area contributed by atoms with Crippen molar-refractivity contribution in [1.82, 2.24) is 25.4 Å². The first-order valence-electron chi connectivity index (χ1n) is 19.6. The lowest BCUT2D eigenvalue weighted by molar-refractivity contribution is 0.904. The van der Waals surface area contributed by atoms with Crippen LogP contribution in [-0.4, -0.2) is 36.9 Å². The molecule has 60 heavy (non-hydrogen) atoms. The molecule has 0 saturated heterocycles. The van der Waals surface area contributed by atoms with E-state index < -0.39 is 0 Å². The zero-order valence-corrected chi connectivity index (χ0v) is 33.4. The normalized spacial score (nSPS) is 12.0. The molecule has 7 nitrogen and oxygen atoms in total. The Labute approximate surface area is 350 Å². The van der Waals surface area contributed by atoms with Gasteiger partial charge in [0.05, 0.1) is 21.4 Å². The zero-order valence-electron chi connectivity index (χ0n) is 32.6. The van der Waals surface area contributed by atoms with E-state index in [2.05, 4.69) is 143 Å². The molecular weight excluding hydrogens is 755 g/mol. The molecule has 0 fully saturated rings. The predicted octanol–water partition coefficient (Wildman–Crippen LogP) is 12.8.